The van der Waals surface area contributed by atoms with E-state index in [0.717, 1.165) is 7.11 Å². The van der Waals surface area contributed by atoms with E-state index in [1.54, 1.807) is 0 Å². The van der Waals surface area contributed by atoms with E-state index >= 15 is 0 Å². The molecule has 0 bridgehead atoms. The van der Waals surface area contributed by atoms with E-state index < -0.39 is 22.2 Å². The van der Waals surface area contributed by atoms with E-state index in [2.05, 4.69) is 10.8 Å². The molecule has 1 unspecified atom stereocenters. The van der Waals surface area contributed by atoms with Crippen LogP contribution in [-0.4, -0.2) is 33.4 Å². The molecule has 0 aliphatic heterocycles. The zero-order valence-electron chi connectivity index (χ0n) is 8.44. The van der Waals surface area contributed by atoms with Crippen molar-refractivity contribution < 1.29 is 22.1 Å². The van der Waals surface area contributed by atoms with Crippen molar-refractivity contribution in [3.63, 3.8) is 0 Å². The van der Waals surface area contributed by atoms with Gasteiger partial charge in [0, 0.05) is 5.57 Å². The highest BCUT2D eigenvalue weighted by Gasteiger charge is 2.18. The summed E-state index contributed by atoms with van der Waals surface area (Å²) in [7, 11) is -2.54. The SMILES string of the molecule is C=C(C)C(=O)OC(C)CS(=O)(=O)OC. The predicted octanol–water partition coefficient (Wildman–Crippen LogP) is 0.470. The fourth-order valence-electron chi connectivity index (χ4n) is 0.673. The lowest BCUT2D eigenvalue weighted by Crippen LogP contribution is -2.24. The normalized spacial score (nSPS) is 13.4. The first-order valence-corrected chi connectivity index (χ1v) is 5.51. The predicted molar refractivity (Wildman–Crippen MR) is 51.2 cm³/mol. The quantitative estimate of drug-likeness (QED) is 0.384. The second-order valence-corrected chi connectivity index (χ2v) is 4.67. The first kappa shape index (κ1) is 13.1. The molecule has 0 amide bonds. The highest BCUT2D eigenvalue weighted by molar-refractivity contribution is 7.86. The molecule has 5 nitrogen and oxygen atoms in total. The maximum absolute atomic E-state index is 11.0. The number of carbonyl (C=O) groups is 1. The number of hydrogen-bond acceptors (Lipinski definition) is 5. The molecule has 0 aromatic heterocycles. The average Bonchev–Trinajstić information content (AvgIpc) is 2.02. The summed E-state index contributed by atoms with van der Waals surface area (Å²) >= 11 is 0. The summed E-state index contributed by atoms with van der Waals surface area (Å²) in [6.07, 6.45) is -0.746. The monoisotopic (exact) mass is 222 g/mol. The third-order valence-corrected chi connectivity index (χ3v) is 2.73. The Balaban J connectivity index is 4.19. The highest BCUT2D eigenvalue weighted by Crippen LogP contribution is 2.02. The molecule has 0 saturated heterocycles. The maximum Gasteiger partial charge on any atom is 0.333 e. The van der Waals surface area contributed by atoms with E-state index in [1.807, 2.05) is 0 Å². The van der Waals surface area contributed by atoms with Gasteiger partial charge < -0.3 is 4.74 Å². The Bertz CT molecular complexity index is 317. The molecule has 0 aromatic carbocycles. The summed E-state index contributed by atoms with van der Waals surface area (Å²) in [6, 6.07) is 0. The molecular weight excluding hydrogens is 208 g/mol. The van der Waals surface area contributed by atoms with Gasteiger partial charge in [0.05, 0.1) is 7.11 Å². The second-order valence-electron chi connectivity index (χ2n) is 2.89. The van der Waals surface area contributed by atoms with E-state index in [1.165, 1.54) is 13.8 Å². The first-order valence-electron chi connectivity index (χ1n) is 3.93. The Kier molecular flexibility index (Phi) is 4.79. The van der Waals surface area contributed by atoms with Gasteiger partial charge in [-0.3, -0.25) is 4.18 Å². The van der Waals surface area contributed by atoms with Gasteiger partial charge in [-0.25, -0.2) is 4.79 Å². The smallest absolute Gasteiger partial charge is 0.333 e. The lowest BCUT2D eigenvalue weighted by atomic mass is 10.3. The Labute approximate surface area is 83.8 Å². The van der Waals surface area contributed by atoms with Crippen LogP contribution in [0.2, 0.25) is 0 Å². The molecule has 0 spiro atoms. The third kappa shape index (κ3) is 4.98. The summed E-state index contributed by atoms with van der Waals surface area (Å²) in [4.78, 5) is 11.0. The lowest BCUT2D eigenvalue weighted by molar-refractivity contribution is -0.142. The van der Waals surface area contributed by atoms with Gasteiger partial charge in [0.25, 0.3) is 10.1 Å². The summed E-state index contributed by atoms with van der Waals surface area (Å²) in [5.74, 6) is -0.966. The topological polar surface area (TPSA) is 69.7 Å². The van der Waals surface area contributed by atoms with Crippen LogP contribution in [0.4, 0.5) is 0 Å². The van der Waals surface area contributed by atoms with Gasteiger partial charge in [-0.15, -0.1) is 0 Å². The fourth-order valence-corrected chi connectivity index (χ4v) is 1.45. The van der Waals surface area contributed by atoms with Gasteiger partial charge in [-0.2, -0.15) is 8.42 Å². The largest absolute Gasteiger partial charge is 0.458 e. The summed E-state index contributed by atoms with van der Waals surface area (Å²) < 4.78 is 30.8. The number of carbonyl (C=O) groups excluding carboxylic acids is 1. The molecule has 0 saturated carbocycles. The van der Waals surface area contributed by atoms with Crippen LogP contribution in [0.3, 0.4) is 0 Å². The van der Waals surface area contributed by atoms with Gasteiger partial charge in [-0.1, -0.05) is 6.58 Å². The molecule has 82 valence electrons. The van der Waals surface area contributed by atoms with Crippen LogP contribution in [0.5, 0.6) is 0 Å². The van der Waals surface area contributed by atoms with E-state index in [4.69, 9.17) is 4.74 Å². The van der Waals surface area contributed by atoms with Crippen LogP contribution in [0.1, 0.15) is 13.8 Å². The Morgan fingerprint density at radius 1 is 1.50 bits per heavy atom. The molecule has 6 heteroatoms. The van der Waals surface area contributed by atoms with Gasteiger partial charge in [0.2, 0.25) is 0 Å². The summed E-state index contributed by atoms with van der Waals surface area (Å²) in [5, 5.41) is 0. The van der Waals surface area contributed by atoms with Crippen LogP contribution in [-0.2, 0) is 23.8 Å². The number of esters is 1. The number of rotatable bonds is 5. The van der Waals surface area contributed by atoms with Crippen LogP contribution >= 0.6 is 0 Å². The minimum Gasteiger partial charge on any atom is -0.458 e. The molecule has 0 aliphatic rings. The van der Waals surface area contributed by atoms with Crippen LogP contribution < -0.4 is 0 Å². The third-order valence-electron chi connectivity index (χ3n) is 1.35. The molecule has 0 aliphatic carbocycles. The van der Waals surface area contributed by atoms with Crippen LogP contribution in [0, 0.1) is 0 Å². The van der Waals surface area contributed by atoms with Crippen molar-refractivity contribution in [1.82, 2.24) is 0 Å². The van der Waals surface area contributed by atoms with Crippen molar-refractivity contribution in [1.29, 1.82) is 0 Å². The van der Waals surface area contributed by atoms with Crippen LogP contribution in [0.25, 0.3) is 0 Å². The Morgan fingerprint density at radius 2 is 2.00 bits per heavy atom. The molecule has 0 aromatic rings. The van der Waals surface area contributed by atoms with Crippen molar-refractivity contribution in [3.8, 4) is 0 Å². The molecule has 0 heterocycles. The molecule has 14 heavy (non-hydrogen) atoms. The van der Waals surface area contributed by atoms with Gasteiger partial charge >= 0.3 is 5.97 Å². The maximum atomic E-state index is 11.0. The lowest BCUT2D eigenvalue weighted by Gasteiger charge is -2.12. The fraction of sp³-hybridized carbons (Fsp3) is 0.625. The van der Waals surface area contributed by atoms with Crippen LogP contribution in [0.15, 0.2) is 12.2 Å². The summed E-state index contributed by atoms with van der Waals surface area (Å²) in [6.45, 7) is 6.33. The standard InChI is InChI=1S/C8H14O5S/c1-6(2)8(9)13-7(3)5-14(10,11)12-4/h7H,1,5H2,2-4H3. The number of hydrogen-bond donors (Lipinski definition) is 0. The zero-order chi connectivity index (χ0) is 11.4. The van der Waals surface area contributed by atoms with E-state index in [-0.39, 0.29) is 11.3 Å². The molecule has 1 atom stereocenters. The molecular formula is C8H14O5S. The minimum absolute atomic E-state index is 0.228. The highest BCUT2D eigenvalue weighted by atomic mass is 32.2. The second kappa shape index (κ2) is 5.11. The van der Waals surface area contributed by atoms with E-state index in [9.17, 15) is 13.2 Å². The minimum atomic E-state index is -3.60. The van der Waals surface area contributed by atoms with Crippen molar-refractivity contribution in [2.24, 2.45) is 0 Å². The Hall–Kier alpha value is -0.880. The average molecular weight is 222 g/mol. The molecule has 0 fully saturated rings. The molecule has 0 rings (SSSR count). The van der Waals surface area contributed by atoms with Crippen molar-refractivity contribution >= 4 is 16.1 Å². The molecule has 0 N–H and O–H groups in total. The number of ether oxygens (including phenoxy) is 1. The van der Waals surface area contributed by atoms with Gasteiger partial charge in [-0.05, 0) is 13.8 Å². The Morgan fingerprint density at radius 3 is 2.36 bits per heavy atom. The van der Waals surface area contributed by atoms with Crippen molar-refractivity contribution in [3.05, 3.63) is 12.2 Å². The van der Waals surface area contributed by atoms with Crippen molar-refractivity contribution in [2.75, 3.05) is 12.9 Å². The zero-order valence-corrected chi connectivity index (χ0v) is 9.26. The molecule has 0 radical (unpaired) electrons. The summed E-state index contributed by atoms with van der Waals surface area (Å²) in [5.41, 5.74) is 0.228. The first-order chi connectivity index (χ1) is 6.28. The van der Waals surface area contributed by atoms with Gasteiger partial charge in [0.15, 0.2) is 0 Å². The van der Waals surface area contributed by atoms with E-state index in [0.29, 0.717) is 0 Å². The van der Waals surface area contributed by atoms with Gasteiger partial charge in [0.1, 0.15) is 11.9 Å². The van der Waals surface area contributed by atoms with Crippen molar-refractivity contribution in [2.45, 2.75) is 20.0 Å².